The minimum absolute atomic E-state index is 0.305. The Morgan fingerprint density at radius 1 is 1.43 bits per heavy atom. The molecule has 0 spiro atoms. The Morgan fingerprint density at radius 3 is 2.81 bits per heavy atom. The van der Waals surface area contributed by atoms with Crippen molar-refractivity contribution in [2.75, 3.05) is 18.7 Å². The van der Waals surface area contributed by atoms with E-state index >= 15 is 0 Å². The zero-order valence-electron chi connectivity index (χ0n) is 11.8. The summed E-state index contributed by atoms with van der Waals surface area (Å²) in [5.74, 6) is 0.229. The number of aromatic nitrogens is 2. The van der Waals surface area contributed by atoms with Gasteiger partial charge in [0.2, 0.25) is 0 Å². The average Bonchev–Trinajstić information content (AvgIpc) is 2.47. The van der Waals surface area contributed by atoms with Gasteiger partial charge in [-0.25, -0.2) is 9.97 Å². The summed E-state index contributed by atoms with van der Waals surface area (Å²) in [6.07, 6.45) is 3.39. The van der Waals surface area contributed by atoms with Gasteiger partial charge in [-0.3, -0.25) is 4.79 Å². The van der Waals surface area contributed by atoms with Crippen LogP contribution in [0.2, 0.25) is 5.02 Å². The standard InChI is InChI=1S/C14H14ClN3O2S/c1-8-10(7-16-14(17-8)21-3)13(19)18-11-6-9(15)4-5-12(11)20-2/h4-7H,1-3H3,(H,18,19). The first-order chi connectivity index (χ1) is 10.0. The topological polar surface area (TPSA) is 64.1 Å². The summed E-state index contributed by atoms with van der Waals surface area (Å²) in [6.45, 7) is 1.77. The Hall–Kier alpha value is -1.79. The second-order valence-corrected chi connectivity index (χ2v) is 5.36. The van der Waals surface area contributed by atoms with Gasteiger partial charge in [0.05, 0.1) is 24.1 Å². The molecule has 7 heteroatoms. The van der Waals surface area contributed by atoms with Gasteiger partial charge in [-0.2, -0.15) is 0 Å². The number of halogens is 1. The summed E-state index contributed by atoms with van der Waals surface area (Å²) in [5, 5.41) is 3.90. The zero-order chi connectivity index (χ0) is 15.4. The molecule has 0 unspecified atom stereocenters. The van der Waals surface area contributed by atoms with Crippen molar-refractivity contribution in [3.05, 3.63) is 40.7 Å². The number of nitrogens with zero attached hydrogens (tertiary/aromatic N) is 2. The molecule has 1 N–H and O–H groups in total. The SMILES string of the molecule is COc1ccc(Cl)cc1NC(=O)c1cnc(SC)nc1C. The van der Waals surface area contributed by atoms with Crippen LogP contribution in [-0.2, 0) is 0 Å². The molecule has 0 atom stereocenters. The van der Waals surface area contributed by atoms with E-state index < -0.39 is 0 Å². The van der Waals surface area contributed by atoms with E-state index in [1.807, 2.05) is 6.26 Å². The van der Waals surface area contributed by atoms with Crippen LogP contribution < -0.4 is 10.1 Å². The lowest BCUT2D eigenvalue weighted by Gasteiger charge is -2.11. The highest BCUT2D eigenvalue weighted by Gasteiger charge is 2.14. The molecule has 1 heterocycles. The molecule has 110 valence electrons. The van der Waals surface area contributed by atoms with Crippen molar-refractivity contribution >= 4 is 35.0 Å². The first kappa shape index (κ1) is 15.6. The molecule has 0 saturated carbocycles. The smallest absolute Gasteiger partial charge is 0.259 e. The molecule has 0 aliphatic heterocycles. The third kappa shape index (κ3) is 3.65. The minimum atomic E-state index is -0.305. The van der Waals surface area contributed by atoms with Crippen molar-refractivity contribution in [3.63, 3.8) is 0 Å². The number of thioether (sulfide) groups is 1. The predicted molar refractivity (Wildman–Crippen MR) is 84.5 cm³/mol. The van der Waals surface area contributed by atoms with Gasteiger partial charge in [0.15, 0.2) is 5.16 Å². The number of rotatable bonds is 4. The lowest BCUT2D eigenvalue weighted by molar-refractivity contribution is 0.102. The summed E-state index contributed by atoms with van der Waals surface area (Å²) >= 11 is 7.36. The second-order valence-electron chi connectivity index (χ2n) is 4.15. The number of methoxy groups -OCH3 is 1. The molecule has 2 rings (SSSR count). The third-order valence-corrected chi connectivity index (χ3v) is 3.59. The highest BCUT2D eigenvalue weighted by Crippen LogP contribution is 2.28. The second kappa shape index (κ2) is 6.78. The van der Waals surface area contributed by atoms with Crippen LogP contribution in [0.5, 0.6) is 5.75 Å². The molecule has 1 amide bonds. The summed E-state index contributed by atoms with van der Waals surface area (Å²) in [4.78, 5) is 20.7. The maximum absolute atomic E-state index is 12.3. The Kier molecular flexibility index (Phi) is 5.03. The van der Waals surface area contributed by atoms with Gasteiger partial charge in [-0.15, -0.1) is 0 Å². The molecule has 0 saturated heterocycles. The molecule has 1 aromatic heterocycles. The van der Waals surface area contributed by atoms with Gasteiger partial charge in [-0.05, 0) is 31.4 Å². The highest BCUT2D eigenvalue weighted by molar-refractivity contribution is 7.98. The van der Waals surface area contributed by atoms with Crippen LogP contribution >= 0.6 is 23.4 Å². The minimum Gasteiger partial charge on any atom is -0.495 e. The van der Waals surface area contributed by atoms with Gasteiger partial charge in [0, 0.05) is 11.2 Å². The van der Waals surface area contributed by atoms with Gasteiger partial charge in [-0.1, -0.05) is 23.4 Å². The van der Waals surface area contributed by atoms with E-state index in [0.717, 1.165) is 0 Å². The molecule has 21 heavy (non-hydrogen) atoms. The molecular formula is C14H14ClN3O2S. The van der Waals surface area contributed by atoms with Crippen molar-refractivity contribution in [2.24, 2.45) is 0 Å². The first-order valence-electron chi connectivity index (χ1n) is 6.07. The lowest BCUT2D eigenvalue weighted by atomic mass is 10.2. The molecule has 2 aromatic rings. The maximum atomic E-state index is 12.3. The first-order valence-corrected chi connectivity index (χ1v) is 7.68. The quantitative estimate of drug-likeness (QED) is 0.690. The zero-order valence-corrected chi connectivity index (χ0v) is 13.4. The van der Waals surface area contributed by atoms with Crippen molar-refractivity contribution in [1.29, 1.82) is 0 Å². The number of amides is 1. The van der Waals surface area contributed by atoms with E-state index in [-0.39, 0.29) is 5.91 Å². The normalized spacial score (nSPS) is 10.3. The number of hydrogen-bond acceptors (Lipinski definition) is 5. The van der Waals surface area contributed by atoms with Crippen molar-refractivity contribution < 1.29 is 9.53 Å². The van der Waals surface area contributed by atoms with E-state index in [1.165, 1.54) is 25.1 Å². The van der Waals surface area contributed by atoms with Gasteiger partial charge < -0.3 is 10.1 Å². The van der Waals surface area contributed by atoms with Crippen LogP contribution in [0.1, 0.15) is 16.1 Å². The fraction of sp³-hybridized carbons (Fsp3) is 0.214. The monoisotopic (exact) mass is 323 g/mol. The average molecular weight is 324 g/mol. The Labute approximate surface area is 132 Å². The van der Waals surface area contributed by atoms with Crippen LogP contribution in [0.3, 0.4) is 0 Å². The fourth-order valence-electron chi connectivity index (χ4n) is 1.73. The number of ether oxygens (including phenoxy) is 1. The van der Waals surface area contributed by atoms with Crippen LogP contribution in [0.25, 0.3) is 0 Å². The summed E-state index contributed by atoms with van der Waals surface area (Å²) in [6, 6.07) is 5.01. The van der Waals surface area contributed by atoms with Crippen molar-refractivity contribution in [3.8, 4) is 5.75 Å². The van der Waals surface area contributed by atoms with Gasteiger partial charge >= 0.3 is 0 Å². The molecule has 5 nitrogen and oxygen atoms in total. The maximum Gasteiger partial charge on any atom is 0.259 e. The van der Waals surface area contributed by atoms with Crippen molar-refractivity contribution in [1.82, 2.24) is 9.97 Å². The molecular weight excluding hydrogens is 310 g/mol. The van der Waals surface area contributed by atoms with Gasteiger partial charge in [0.25, 0.3) is 5.91 Å². The predicted octanol–water partition coefficient (Wildman–Crippen LogP) is 3.42. The lowest BCUT2D eigenvalue weighted by Crippen LogP contribution is -2.15. The molecule has 0 radical (unpaired) electrons. The summed E-state index contributed by atoms with van der Waals surface area (Å²) in [5.41, 5.74) is 1.53. The number of carbonyl (C=O) groups is 1. The van der Waals surface area contributed by atoms with E-state index in [0.29, 0.717) is 32.9 Å². The van der Waals surface area contributed by atoms with E-state index in [2.05, 4.69) is 15.3 Å². The number of nitrogens with one attached hydrogen (secondary N) is 1. The number of hydrogen-bond donors (Lipinski definition) is 1. The number of anilines is 1. The Morgan fingerprint density at radius 2 is 2.19 bits per heavy atom. The third-order valence-electron chi connectivity index (χ3n) is 2.79. The van der Waals surface area contributed by atoms with E-state index in [1.54, 1.807) is 25.1 Å². The van der Waals surface area contributed by atoms with E-state index in [9.17, 15) is 4.79 Å². The molecule has 1 aromatic carbocycles. The fourth-order valence-corrected chi connectivity index (χ4v) is 2.29. The molecule has 0 aliphatic carbocycles. The van der Waals surface area contributed by atoms with Crippen LogP contribution in [0.15, 0.2) is 29.6 Å². The summed E-state index contributed by atoms with van der Waals surface area (Å²) < 4.78 is 5.20. The van der Waals surface area contributed by atoms with E-state index in [4.69, 9.17) is 16.3 Å². The van der Waals surface area contributed by atoms with Crippen LogP contribution in [0.4, 0.5) is 5.69 Å². The number of aryl methyl sites for hydroxylation is 1. The largest absolute Gasteiger partial charge is 0.495 e. The van der Waals surface area contributed by atoms with Crippen molar-refractivity contribution in [2.45, 2.75) is 12.1 Å². The Balaban J connectivity index is 2.28. The van der Waals surface area contributed by atoms with Crippen LogP contribution in [-0.4, -0.2) is 29.2 Å². The van der Waals surface area contributed by atoms with Crippen LogP contribution in [0, 0.1) is 6.92 Å². The summed E-state index contributed by atoms with van der Waals surface area (Å²) in [7, 11) is 1.53. The molecule has 0 bridgehead atoms. The highest BCUT2D eigenvalue weighted by atomic mass is 35.5. The van der Waals surface area contributed by atoms with Gasteiger partial charge in [0.1, 0.15) is 5.75 Å². The molecule has 0 aliphatic rings. The molecule has 0 fully saturated rings. The Bertz CT molecular complexity index is 679. The number of carbonyl (C=O) groups excluding carboxylic acids is 1. The number of benzene rings is 1.